The van der Waals surface area contributed by atoms with Crippen molar-refractivity contribution < 1.29 is 9.18 Å². The van der Waals surface area contributed by atoms with Crippen LogP contribution in [-0.4, -0.2) is 32.0 Å². The molecule has 8 heteroatoms. The second-order valence-electron chi connectivity index (χ2n) is 9.37. The Labute approximate surface area is 202 Å². The summed E-state index contributed by atoms with van der Waals surface area (Å²) in [4.78, 5) is 25.7. The molecule has 2 N–H and O–H groups in total. The molecular weight excluding hydrogens is 443 g/mol. The summed E-state index contributed by atoms with van der Waals surface area (Å²) in [6.07, 6.45) is 5.82. The molecule has 0 bridgehead atoms. The maximum absolute atomic E-state index is 15.1. The average Bonchev–Trinajstić information content (AvgIpc) is 3.63. The lowest BCUT2D eigenvalue weighted by Crippen LogP contribution is -2.33. The van der Waals surface area contributed by atoms with E-state index in [1.807, 2.05) is 42.1 Å². The highest BCUT2D eigenvalue weighted by atomic mass is 19.1. The maximum atomic E-state index is 15.1. The number of fused-ring (bicyclic) bond motifs is 1. The number of amides is 1. The van der Waals surface area contributed by atoms with E-state index in [-0.39, 0.29) is 17.6 Å². The molecule has 1 atom stereocenters. The van der Waals surface area contributed by atoms with E-state index < -0.39 is 0 Å². The molecule has 3 heterocycles. The molecule has 2 aromatic heterocycles. The molecule has 1 amide bonds. The summed E-state index contributed by atoms with van der Waals surface area (Å²) in [6.45, 7) is 2.70. The first-order valence-corrected chi connectivity index (χ1v) is 11.8. The molecule has 0 radical (unpaired) electrons. The normalized spacial score (nSPS) is 17.1. The zero-order valence-corrected chi connectivity index (χ0v) is 19.5. The smallest absolute Gasteiger partial charge is 0.251 e. The van der Waals surface area contributed by atoms with Gasteiger partial charge in [0.2, 0.25) is 0 Å². The molecule has 1 saturated carbocycles. The third-order valence-electron chi connectivity index (χ3n) is 6.68. The van der Waals surface area contributed by atoms with Gasteiger partial charge in [0.15, 0.2) is 5.82 Å². The number of imidazole rings is 1. The van der Waals surface area contributed by atoms with E-state index in [4.69, 9.17) is 0 Å². The molecule has 176 valence electrons. The van der Waals surface area contributed by atoms with Crippen molar-refractivity contribution >= 4 is 17.4 Å². The summed E-state index contributed by atoms with van der Waals surface area (Å²) >= 11 is 0. The van der Waals surface area contributed by atoms with Gasteiger partial charge in [0.1, 0.15) is 17.5 Å². The number of carbonyl (C=O) groups excluding carboxylic acids is 1. The number of rotatable bonds is 5. The van der Waals surface area contributed by atoms with Gasteiger partial charge in [0.05, 0.1) is 5.69 Å². The van der Waals surface area contributed by atoms with Crippen LogP contribution in [0.15, 0.2) is 54.9 Å². The maximum Gasteiger partial charge on any atom is 0.251 e. The minimum atomic E-state index is -0.355. The molecule has 35 heavy (non-hydrogen) atoms. The third-order valence-corrected chi connectivity index (χ3v) is 6.68. The quantitative estimate of drug-likeness (QED) is 0.423. The van der Waals surface area contributed by atoms with Crippen molar-refractivity contribution in [1.82, 2.24) is 24.8 Å². The lowest BCUT2D eigenvalue weighted by Gasteiger charge is -2.23. The van der Waals surface area contributed by atoms with Crippen molar-refractivity contribution in [3.8, 4) is 22.6 Å². The van der Waals surface area contributed by atoms with Crippen LogP contribution < -0.4 is 10.6 Å². The van der Waals surface area contributed by atoms with Crippen molar-refractivity contribution in [3.05, 3.63) is 77.6 Å². The molecule has 2 aliphatic rings. The highest BCUT2D eigenvalue weighted by Crippen LogP contribution is 2.40. The summed E-state index contributed by atoms with van der Waals surface area (Å²) in [6, 6.07) is 12.4. The fourth-order valence-electron chi connectivity index (χ4n) is 4.61. The van der Waals surface area contributed by atoms with Crippen LogP contribution in [0.1, 0.15) is 53.3 Å². The fourth-order valence-corrected chi connectivity index (χ4v) is 4.61. The molecule has 7 nitrogen and oxygen atoms in total. The standard InChI is InChI=1S/C27H25FN6O/c1-15-13-30-27(35)19-8-6-18(12-21(15)19)31-24-9-10-29-25(33-24)17-5-7-20(22(28)11-17)23-14-34(2)26(32-23)16-3-4-16/h5-12,14-16H,3-4,13H2,1-2H3,(H,30,35)(H,29,31,33). The van der Waals surface area contributed by atoms with Gasteiger partial charge in [0.25, 0.3) is 5.91 Å². The summed E-state index contributed by atoms with van der Waals surface area (Å²) in [5.41, 5.74) is 4.24. The molecule has 6 rings (SSSR count). The highest BCUT2D eigenvalue weighted by Gasteiger charge is 2.28. The second kappa shape index (κ2) is 8.30. The number of carbonyl (C=O) groups is 1. The summed E-state index contributed by atoms with van der Waals surface area (Å²) in [5, 5.41) is 6.18. The highest BCUT2D eigenvalue weighted by molar-refractivity contribution is 5.97. The SMILES string of the molecule is CC1CNC(=O)c2ccc(Nc3ccnc(-c4ccc(-c5cn(C)c(C6CC6)n5)c(F)c4)n3)cc21. The van der Waals surface area contributed by atoms with Crippen LogP contribution >= 0.6 is 0 Å². The Morgan fingerprint density at radius 1 is 1.09 bits per heavy atom. The number of aryl methyl sites for hydroxylation is 1. The number of anilines is 2. The van der Waals surface area contributed by atoms with Crippen LogP contribution in [0.2, 0.25) is 0 Å². The fraction of sp³-hybridized carbons (Fsp3) is 0.259. The number of benzene rings is 2. The molecule has 0 spiro atoms. The van der Waals surface area contributed by atoms with Gasteiger partial charge in [-0.3, -0.25) is 4.79 Å². The summed E-state index contributed by atoms with van der Waals surface area (Å²) < 4.78 is 17.1. The van der Waals surface area contributed by atoms with Crippen LogP contribution in [-0.2, 0) is 7.05 Å². The predicted molar refractivity (Wildman–Crippen MR) is 132 cm³/mol. The van der Waals surface area contributed by atoms with Crippen molar-refractivity contribution in [2.45, 2.75) is 31.6 Å². The van der Waals surface area contributed by atoms with Crippen molar-refractivity contribution in [3.63, 3.8) is 0 Å². The largest absolute Gasteiger partial charge is 0.351 e. The summed E-state index contributed by atoms with van der Waals surface area (Å²) in [7, 11) is 1.96. The van der Waals surface area contributed by atoms with E-state index in [9.17, 15) is 4.79 Å². The first-order chi connectivity index (χ1) is 17.0. The average molecular weight is 469 g/mol. The van der Waals surface area contributed by atoms with Gasteiger partial charge >= 0.3 is 0 Å². The lowest BCUT2D eigenvalue weighted by atomic mass is 9.91. The van der Waals surface area contributed by atoms with Gasteiger partial charge in [-0.1, -0.05) is 13.0 Å². The second-order valence-corrected chi connectivity index (χ2v) is 9.37. The van der Waals surface area contributed by atoms with E-state index in [0.717, 1.165) is 29.9 Å². The molecule has 1 aliphatic carbocycles. The number of hydrogen-bond donors (Lipinski definition) is 2. The minimum absolute atomic E-state index is 0.0473. The Morgan fingerprint density at radius 3 is 2.71 bits per heavy atom. The van der Waals surface area contributed by atoms with Crippen LogP contribution in [0.3, 0.4) is 0 Å². The van der Waals surface area contributed by atoms with Gasteiger partial charge in [-0.25, -0.2) is 19.3 Å². The molecular formula is C27H25FN6O. The lowest BCUT2D eigenvalue weighted by molar-refractivity contribution is 0.0941. The molecule has 1 aliphatic heterocycles. The van der Waals surface area contributed by atoms with Gasteiger partial charge in [-0.05, 0) is 60.7 Å². The van der Waals surface area contributed by atoms with Crippen LogP contribution in [0.5, 0.6) is 0 Å². The monoisotopic (exact) mass is 468 g/mol. The van der Waals surface area contributed by atoms with Gasteiger partial charge in [-0.15, -0.1) is 0 Å². The molecule has 1 fully saturated rings. The first-order valence-electron chi connectivity index (χ1n) is 11.8. The third kappa shape index (κ3) is 4.05. The van der Waals surface area contributed by atoms with Crippen molar-refractivity contribution in [1.29, 1.82) is 0 Å². The number of aromatic nitrogens is 4. The zero-order chi connectivity index (χ0) is 24.1. The Kier molecular flexibility index (Phi) is 5.09. The van der Waals surface area contributed by atoms with Gasteiger partial charge in [0, 0.05) is 54.3 Å². The van der Waals surface area contributed by atoms with E-state index >= 15 is 4.39 Å². The predicted octanol–water partition coefficient (Wildman–Crippen LogP) is 5.15. The molecule has 2 aromatic carbocycles. The van der Waals surface area contributed by atoms with E-state index in [1.165, 1.54) is 6.07 Å². The van der Waals surface area contributed by atoms with Crippen molar-refractivity contribution in [2.75, 3.05) is 11.9 Å². The molecule has 4 aromatic rings. The minimum Gasteiger partial charge on any atom is -0.351 e. The van der Waals surface area contributed by atoms with E-state index in [1.54, 1.807) is 18.3 Å². The molecule has 1 unspecified atom stereocenters. The van der Waals surface area contributed by atoms with Crippen molar-refractivity contribution in [2.24, 2.45) is 7.05 Å². The van der Waals surface area contributed by atoms with E-state index in [2.05, 4.69) is 32.5 Å². The number of halogens is 1. The van der Waals surface area contributed by atoms with Crippen LogP contribution in [0, 0.1) is 5.82 Å². The van der Waals surface area contributed by atoms with E-state index in [0.29, 0.717) is 46.5 Å². The molecule has 0 saturated heterocycles. The number of nitrogens with one attached hydrogen (secondary N) is 2. The number of hydrogen-bond acceptors (Lipinski definition) is 5. The van der Waals surface area contributed by atoms with Gasteiger partial charge in [-0.2, -0.15) is 0 Å². The number of nitrogens with zero attached hydrogens (tertiary/aromatic N) is 4. The Morgan fingerprint density at radius 2 is 1.91 bits per heavy atom. The first kappa shape index (κ1) is 21.5. The van der Waals surface area contributed by atoms with Crippen LogP contribution in [0.4, 0.5) is 15.9 Å². The Hall–Kier alpha value is -4.07. The van der Waals surface area contributed by atoms with Crippen LogP contribution in [0.25, 0.3) is 22.6 Å². The summed E-state index contributed by atoms with van der Waals surface area (Å²) in [5.74, 6) is 2.35. The Balaban J connectivity index is 1.26. The zero-order valence-electron chi connectivity index (χ0n) is 19.5. The Bertz CT molecular complexity index is 1460. The topological polar surface area (TPSA) is 84.7 Å². The van der Waals surface area contributed by atoms with Gasteiger partial charge < -0.3 is 15.2 Å².